The highest BCUT2D eigenvalue weighted by Crippen LogP contribution is 2.16. The summed E-state index contributed by atoms with van der Waals surface area (Å²) >= 11 is 1.48. The van der Waals surface area contributed by atoms with Crippen LogP contribution < -0.4 is 5.73 Å². The van der Waals surface area contributed by atoms with E-state index in [1.165, 1.54) is 34.1 Å². The summed E-state index contributed by atoms with van der Waals surface area (Å²) in [6.45, 7) is 10.8. The first kappa shape index (κ1) is 26.2. The molecule has 158 valence electrons. The maximum atomic E-state index is 11.0. The van der Waals surface area contributed by atoms with E-state index in [1.807, 2.05) is 5.41 Å². The maximum Gasteiger partial charge on any atom is 0.329 e. The van der Waals surface area contributed by atoms with Gasteiger partial charge in [0.2, 0.25) is 0 Å². The third-order valence-corrected chi connectivity index (χ3v) is 5.32. The van der Waals surface area contributed by atoms with E-state index >= 15 is 0 Å². The summed E-state index contributed by atoms with van der Waals surface area (Å²) in [7, 11) is 0. The van der Waals surface area contributed by atoms with E-state index in [0.29, 0.717) is 5.75 Å². The molecule has 0 aliphatic carbocycles. The zero-order chi connectivity index (χ0) is 21.4. The molecule has 0 rings (SSSR count). The van der Waals surface area contributed by atoms with E-state index in [-0.39, 0.29) is 0 Å². The molecule has 28 heavy (non-hydrogen) atoms. The Labute approximate surface area is 175 Å². The molecule has 0 bridgehead atoms. The number of allylic oxidation sites excluding steroid dienone is 7. The standard InChI is InChI=1S/C23H38N2O2S/c1-18(2)9-6-10-19(3)11-7-12-20(4)13-8-14-21(5)15-28-16-22(23(26)27)25-17-24/h9,11,13,15,17,22H,6-8,10,12,14,16H2,1-5H3,(H2,24,25)(H,26,27). The van der Waals surface area contributed by atoms with Crippen molar-refractivity contribution in [1.29, 1.82) is 0 Å². The molecule has 0 heterocycles. The molecule has 1 unspecified atom stereocenters. The number of carboxylic acids is 1. The number of nitrogens with zero attached hydrogens (tertiary/aromatic N) is 1. The SMILES string of the molecule is CC(C)=CCCC(C)=CCCC(C)=CCCC(C)=CSCC(N=CN)C(=O)O. The van der Waals surface area contributed by atoms with E-state index in [1.54, 1.807) is 0 Å². The molecule has 0 fully saturated rings. The van der Waals surface area contributed by atoms with Gasteiger partial charge in [-0.15, -0.1) is 11.8 Å². The molecular weight excluding hydrogens is 368 g/mol. The molecule has 0 aliphatic rings. The predicted octanol–water partition coefficient (Wildman–Crippen LogP) is 6.26. The van der Waals surface area contributed by atoms with Crippen molar-refractivity contribution in [2.75, 3.05) is 5.75 Å². The summed E-state index contributed by atoms with van der Waals surface area (Å²) in [6, 6.07) is -0.778. The number of hydrogen-bond acceptors (Lipinski definition) is 3. The quantitative estimate of drug-likeness (QED) is 0.203. The molecule has 0 saturated heterocycles. The fraction of sp³-hybridized carbons (Fsp3) is 0.565. The Balaban J connectivity index is 4.15. The lowest BCUT2D eigenvalue weighted by Crippen LogP contribution is -2.21. The zero-order valence-electron chi connectivity index (χ0n) is 18.2. The van der Waals surface area contributed by atoms with Crippen LogP contribution in [0, 0.1) is 0 Å². The molecule has 0 aliphatic heterocycles. The van der Waals surface area contributed by atoms with Gasteiger partial charge in [0.25, 0.3) is 0 Å². The second kappa shape index (κ2) is 16.2. The van der Waals surface area contributed by atoms with Gasteiger partial charge in [0, 0.05) is 5.75 Å². The lowest BCUT2D eigenvalue weighted by atomic mass is 10.0. The van der Waals surface area contributed by atoms with Gasteiger partial charge in [0.15, 0.2) is 6.04 Å². The van der Waals surface area contributed by atoms with Gasteiger partial charge >= 0.3 is 5.97 Å². The second-order valence-electron chi connectivity index (χ2n) is 7.45. The van der Waals surface area contributed by atoms with Crippen LogP contribution in [-0.4, -0.2) is 29.2 Å². The van der Waals surface area contributed by atoms with Gasteiger partial charge in [0.05, 0.1) is 6.34 Å². The number of nitrogens with two attached hydrogens (primary N) is 1. The van der Waals surface area contributed by atoms with Crippen LogP contribution in [0.2, 0.25) is 0 Å². The molecule has 0 aromatic rings. The number of aliphatic imine (C=N–C) groups is 1. The van der Waals surface area contributed by atoms with Crippen molar-refractivity contribution < 1.29 is 9.90 Å². The number of thioether (sulfide) groups is 1. The Morgan fingerprint density at radius 1 is 0.929 bits per heavy atom. The van der Waals surface area contributed by atoms with Gasteiger partial charge in [-0.05, 0) is 78.6 Å². The molecule has 0 aromatic heterocycles. The average molecular weight is 407 g/mol. The number of aliphatic carboxylic acids is 1. The van der Waals surface area contributed by atoms with Gasteiger partial charge in [-0.1, -0.05) is 40.5 Å². The molecule has 5 heteroatoms. The molecule has 4 nitrogen and oxygen atoms in total. The Hall–Kier alpha value is -1.75. The minimum Gasteiger partial charge on any atom is -0.480 e. The van der Waals surface area contributed by atoms with Gasteiger partial charge in [-0.25, -0.2) is 4.79 Å². The molecule has 0 amide bonds. The van der Waals surface area contributed by atoms with Gasteiger partial charge in [-0.2, -0.15) is 0 Å². The van der Waals surface area contributed by atoms with Crippen molar-refractivity contribution >= 4 is 24.1 Å². The summed E-state index contributed by atoms with van der Waals surface area (Å²) in [6.07, 6.45) is 14.5. The van der Waals surface area contributed by atoms with Crippen LogP contribution in [0.5, 0.6) is 0 Å². The van der Waals surface area contributed by atoms with Crippen molar-refractivity contribution in [3.05, 3.63) is 45.9 Å². The monoisotopic (exact) mass is 406 g/mol. The Kier molecular flexibility index (Phi) is 15.2. The molecule has 3 N–H and O–H groups in total. The second-order valence-corrected chi connectivity index (χ2v) is 8.35. The zero-order valence-corrected chi connectivity index (χ0v) is 19.0. The minimum absolute atomic E-state index is 0.397. The number of hydrogen-bond donors (Lipinski definition) is 2. The van der Waals surface area contributed by atoms with Crippen LogP contribution in [0.1, 0.15) is 73.1 Å². The molecule has 1 atom stereocenters. The van der Waals surface area contributed by atoms with E-state index in [9.17, 15) is 4.79 Å². The topological polar surface area (TPSA) is 75.7 Å². The number of rotatable bonds is 14. The van der Waals surface area contributed by atoms with E-state index < -0.39 is 12.0 Å². The van der Waals surface area contributed by atoms with Crippen LogP contribution in [0.15, 0.2) is 50.9 Å². The Morgan fingerprint density at radius 3 is 1.89 bits per heavy atom. The molecule has 0 saturated carbocycles. The summed E-state index contributed by atoms with van der Waals surface area (Å²) in [4.78, 5) is 14.8. The maximum absolute atomic E-state index is 11.0. The largest absolute Gasteiger partial charge is 0.480 e. The number of carbonyl (C=O) groups is 1. The summed E-state index contributed by atoms with van der Waals surface area (Å²) < 4.78 is 0. The van der Waals surface area contributed by atoms with E-state index in [2.05, 4.69) is 57.8 Å². The summed E-state index contributed by atoms with van der Waals surface area (Å²) in [5.41, 5.74) is 10.7. The van der Waals surface area contributed by atoms with E-state index in [4.69, 9.17) is 10.8 Å². The van der Waals surface area contributed by atoms with Gasteiger partial charge in [-0.3, -0.25) is 4.99 Å². The predicted molar refractivity (Wildman–Crippen MR) is 125 cm³/mol. The first-order chi connectivity index (χ1) is 13.3. The third-order valence-electron chi connectivity index (χ3n) is 4.24. The first-order valence-corrected chi connectivity index (χ1v) is 11.0. The van der Waals surface area contributed by atoms with E-state index in [0.717, 1.165) is 44.9 Å². The van der Waals surface area contributed by atoms with Crippen molar-refractivity contribution in [3.8, 4) is 0 Å². The van der Waals surface area contributed by atoms with Crippen LogP contribution in [0.25, 0.3) is 0 Å². The van der Waals surface area contributed by atoms with Crippen LogP contribution >= 0.6 is 11.8 Å². The minimum atomic E-state index is -0.944. The molecule has 0 spiro atoms. The van der Waals surface area contributed by atoms with Crippen molar-refractivity contribution in [2.24, 2.45) is 10.7 Å². The highest BCUT2D eigenvalue weighted by atomic mass is 32.2. The van der Waals surface area contributed by atoms with Gasteiger partial charge < -0.3 is 10.8 Å². The highest BCUT2D eigenvalue weighted by Gasteiger charge is 2.14. The summed E-state index contributed by atoms with van der Waals surface area (Å²) in [5.74, 6) is -0.547. The first-order valence-electron chi connectivity index (χ1n) is 9.94. The average Bonchev–Trinajstić information content (AvgIpc) is 2.60. The van der Waals surface area contributed by atoms with Crippen molar-refractivity contribution in [2.45, 2.75) is 79.2 Å². The molecule has 0 aromatic carbocycles. The molecule has 0 radical (unpaired) electrons. The highest BCUT2D eigenvalue weighted by molar-refractivity contribution is 8.02. The lowest BCUT2D eigenvalue weighted by molar-refractivity contribution is -0.137. The Morgan fingerprint density at radius 2 is 1.43 bits per heavy atom. The Bertz CT molecular complexity index is 612. The van der Waals surface area contributed by atoms with Crippen LogP contribution in [0.3, 0.4) is 0 Å². The fourth-order valence-corrected chi connectivity index (χ4v) is 3.42. The van der Waals surface area contributed by atoms with Crippen LogP contribution in [0.4, 0.5) is 0 Å². The van der Waals surface area contributed by atoms with Crippen molar-refractivity contribution in [1.82, 2.24) is 0 Å². The number of carboxylic acid groups (broad SMARTS) is 1. The third kappa shape index (κ3) is 15.3. The lowest BCUT2D eigenvalue weighted by Gasteiger charge is -2.05. The fourth-order valence-electron chi connectivity index (χ4n) is 2.51. The van der Waals surface area contributed by atoms with Crippen molar-refractivity contribution in [3.63, 3.8) is 0 Å². The summed E-state index contributed by atoms with van der Waals surface area (Å²) in [5, 5.41) is 11.1. The van der Waals surface area contributed by atoms with Gasteiger partial charge in [0.1, 0.15) is 0 Å². The smallest absolute Gasteiger partial charge is 0.329 e. The molecular formula is C23H38N2O2S. The van der Waals surface area contributed by atoms with Crippen LogP contribution in [-0.2, 0) is 4.79 Å². The normalized spacial score (nSPS) is 14.4.